The average molecular weight is 625 g/mol. The second kappa shape index (κ2) is 11.0. The summed E-state index contributed by atoms with van der Waals surface area (Å²) in [6.45, 7) is 0. The first-order valence-corrected chi connectivity index (χ1v) is 16.5. The molecule has 0 radical (unpaired) electrons. The van der Waals surface area contributed by atoms with Crippen molar-refractivity contribution in [2.45, 2.75) is 0 Å². The van der Waals surface area contributed by atoms with Crippen LogP contribution in [0.5, 0.6) is 0 Å². The van der Waals surface area contributed by atoms with Gasteiger partial charge in [-0.2, -0.15) is 4.80 Å². The third-order valence-electron chi connectivity index (χ3n) is 9.74. The van der Waals surface area contributed by atoms with Gasteiger partial charge in [0.2, 0.25) is 0 Å². The number of hydrogen-bond donors (Lipinski definition) is 0. The summed E-state index contributed by atoms with van der Waals surface area (Å²) in [5.74, 6) is 0. The molecule has 0 atom stereocenters. The lowest BCUT2D eigenvalue weighted by Crippen LogP contribution is -1.98. The molecule has 10 aromatic rings. The highest BCUT2D eigenvalue weighted by Gasteiger charge is 2.22. The van der Waals surface area contributed by atoms with Crippen LogP contribution in [0.2, 0.25) is 0 Å². The summed E-state index contributed by atoms with van der Waals surface area (Å²) in [6, 6.07) is 56.1. The largest absolute Gasteiger partial charge is 0.264 e. The van der Waals surface area contributed by atoms with Crippen molar-refractivity contribution < 1.29 is 0 Å². The summed E-state index contributed by atoms with van der Waals surface area (Å²) in [4.78, 5) is 6.07. The Labute approximate surface area is 282 Å². The van der Waals surface area contributed by atoms with E-state index in [1.54, 1.807) is 11.0 Å². The molecule has 2 aromatic heterocycles. The molecule has 0 fully saturated rings. The smallest absolute Gasteiger partial charge is 0.122 e. The van der Waals surface area contributed by atoms with Crippen LogP contribution in [0.3, 0.4) is 0 Å². The van der Waals surface area contributed by atoms with Gasteiger partial charge in [0, 0.05) is 23.3 Å². The first-order chi connectivity index (χ1) is 24.3. The van der Waals surface area contributed by atoms with E-state index >= 15 is 0 Å². The molecular formula is C45H28N4. The van der Waals surface area contributed by atoms with Gasteiger partial charge in [0.05, 0.1) is 5.69 Å². The first-order valence-electron chi connectivity index (χ1n) is 16.5. The zero-order chi connectivity index (χ0) is 32.3. The zero-order valence-corrected chi connectivity index (χ0v) is 26.5. The Morgan fingerprint density at radius 1 is 0.388 bits per heavy atom. The second-order valence-corrected chi connectivity index (χ2v) is 12.5. The molecule has 0 unspecified atom stereocenters. The van der Waals surface area contributed by atoms with Gasteiger partial charge in [-0.15, -0.1) is 10.2 Å². The van der Waals surface area contributed by atoms with Gasteiger partial charge in [-0.3, -0.25) is 4.98 Å². The van der Waals surface area contributed by atoms with Crippen molar-refractivity contribution in [2.24, 2.45) is 0 Å². The third-order valence-corrected chi connectivity index (χ3v) is 9.74. The molecule has 0 aliphatic heterocycles. The molecule has 0 aliphatic rings. The van der Waals surface area contributed by atoms with E-state index in [-0.39, 0.29) is 0 Å². The predicted molar refractivity (Wildman–Crippen MR) is 203 cm³/mol. The topological polar surface area (TPSA) is 43.6 Å². The van der Waals surface area contributed by atoms with E-state index in [4.69, 9.17) is 10.2 Å². The van der Waals surface area contributed by atoms with Crippen LogP contribution in [0, 0.1) is 0 Å². The molecule has 8 aromatic carbocycles. The van der Waals surface area contributed by atoms with Crippen molar-refractivity contribution in [1.29, 1.82) is 0 Å². The van der Waals surface area contributed by atoms with Crippen LogP contribution in [0.1, 0.15) is 0 Å². The highest BCUT2D eigenvalue weighted by Crippen LogP contribution is 2.47. The van der Waals surface area contributed by atoms with Gasteiger partial charge >= 0.3 is 0 Å². The molecule has 0 amide bonds. The van der Waals surface area contributed by atoms with Crippen LogP contribution in [0.4, 0.5) is 0 Å². The van der Waals surface area contributed by atoms with Crippen LogP contribution in [0.25, 0.3) is 93.2 Å². The Morgan fingerprint density at radius 3 is 1.63 bits per heavy atom. The van der Waals surface area contributed by atoms with E-state index < -0.39 is 0 Å². The van der Waals surface area contributed by atoms with Crippen molar-refractivity contribution in [3.8, 4) is 39.1 Å². The molecular weight excluding hydrogens is 597 g/mol. The van der Waals surface area contributed by atoms with E-state index in [9.17, 15) is 0 Å². The molecule has 0 saturated heterocycles. The van der Waals surface area contributed by atoms with E-state index in [1.165, 1.54) is 49.0 Å². The minimum Gasteiger partial charge on any atom is -0.264 e. The molecule has 10 rings (SSSR count). The van der Waals surface area contributed by atoms with Crippen molar-refractivity contribution in [3.63, 3.8) is 0 Å². The highest BCUT2D eigenvalue weighted by atomic mass is 15.5. The highest BCUT2D eigenvalue weighted by molar-refractivity contribution is 6.26. The molecule has 49 heavy (non-hydrogen) atoms. The Kier molecular flexibility index (Phi) is 6.15. The SMILES string of the molecule is c1cncc(-c2ccc(-n3nc4c(-c5c6ccccc6c(-c6cccc7ccccc67)c6ccccc56)cc5ccccc5c4n3)cc2)c1. The Bertz CT molecular complexity index is 2810. The molecule has 0 N–H and O–H groups in total. The number of rotatable bonds is 4. The molecule has 4 nitrogen and oxygen atoms in total. The summed E-state index contributed by atoms with van der Waals surface area (Å²) in [7, 11) is 0. The van der Waals surface area contributed by atoms with Gasteiger partial charge in [-0.05, 0) is 89.8 Å². The molecule has 0 saturated carbocycles. The van der Waals surface area contributed by atoms with Crippen LogP contribution in [-0.2, 0) is 0 Å². The van der Waals surface area contributed by atoms with Crippen molar-refractivity contribution in [2.75, 3.05) is 0 Å². The van der Waals surface area contributed by atoms with Crippen molar-refractivity contribution >= 4 is 54.1 Å². The van der Waals surface area contributed by atoms with Crippen LogP contribution < -0.4 is 0 Å². The van der Waals surface area contributed by atoms with Gasteiger partial charge < -0.3 is 0 Å². The lowest BCUT2D eigenvalue weighted by molar-refractivity contribution is 0.766. The minimum absolute atomic E-state index is 0.878. The van der Waals surface area contributed by atoms with E-state index in [1.807, 2.05) is 12.3 Å². The van der Waals surface area contributed by atoms with E-state index in [0.717, 1.165) is 44.2 Å². The van der Waals surface area contributed by atoms with Crippen molar-refractivity contribution in [3.05, 3.63) is 170 Å². The maximum atomic E-state index is 5.24. The number of benzene rings is 8. The number of aromatic nitrogens is 4. The number of hydrogen-bond acceptors (Lipinski definition) is 3. The molecule has 2 heterocycles. The summed E-state index contributed by atoms with van der Waals surface area (Å²) in [6.07, 6.45) is 3.68. The summed E-state index contributed by atoms with van der Waals surface area (Å²) >= 11 is 0. The average Bonchev–Trinajstić information content (AvgIpc) is 3.63. The minimum atomic E-state index is 0.878. The van der Waals surface area contributed by atoms with Gasteiger partial charge in [0.25, 0.3) is 0 Å². The standard InChI is InChI=1S/C45H28N4/c1-3-15-34-30(11-1)13-9-21-36(34)42-37-17-5-7-19-39(37)43(40-20-8-6-18-38(40)42)41-27-31-12-2-4-16-35(31)44-45(41)48-49(47-44)33-24-22-29(23-25-33)32-14-10-26-46-28-32/h1-28H. The fraction of sp³-hybridized carbons (Fsp3) is 0. The van der Waals surface area contributed by atoms with Crippen LogP contribution in [0.15, 0.2) is 170 Å². The zero-order valence-electron chi connectivity index (χ0n) is 26.5. The summed E-state index contributed by atoms with van der Waals surface area (Å²) in [5.41, 5.74) is 9.57. The third kappa shape index (κ3) is 4.35. The van der Waals surface area contributed by atoms with Crippen LogP contribution in [-0.4, -0.2) is 20.0 Å². The van der Waals surface area contributed by atoms with Gasteiger partial charge in [-0.25, -0.2) is 0 Å². The normalized spacial score (nSPS) is 11.7. The molecule has 0 bridgehead atoms. The maximum Gasteiger partial charge on any atom is 0.122 e. The lowest BCUT2D eigenvalue weighted by Gasteiger charge is -2.19. The molecule has 0 spiro atoms. The Hall–Kier alpha value is -6.65. The lowest BCUT2D eigenvalue weighted by atomic mass is 9.84. The Morgan fingerprint density at radius 2 is 0.959 bits per heavy atom. The van der Waals surface area contributed by atoms with Gasteiger partial charge in [0.15, 0.2) is 0 Å². The maximum absolute atomic E-state index is 5.24. The first kappa shape index (κ1) is 27.5. The van der Waals surface area contributed by atoms with E-state index in [0.29, 0.717) is 0 Å². The number of pyridine rings is 1. The molecule has 4 heteroatoms. The predicted octanol–water partition coefficient (Wildman–Crippen LogP) is 11.4. The summed E-state index contributed by atoms with van der Waals surface area (Å²) < 4.78 is 0. The van der Waals surface area contributed by atoms with E-state index in [2.05, 4.69) is 157 Å². The summed E-state index contributed by atoms with van der Waals surface area (Å²) in [5, 5.41) is 19.9. The fourth-order valence-corrected chi connectivity index (χ4v) is 7.51. The molecule has 0 aliphatic carbocycles. The molecule has 228 valence electrons. The number of nitrogens with zero attached hydrogens (tertiary/aromatic N) is 4. The van der Waals surface area contributed by atoms with Crippen LogP contribution >= 0.6 is 0 Å². The monoisotopic (exact) mass is 624 g/mol. The Balaban J connectivity index is 1.27. The quantitative estimate of drug-likeness (QED) is 0.183. The fourth-order valence-electron chi connectivity index (χ4n) is 7.51. The van der Waals surface area contributed by atoms with Gasteiger partial charge in [-0.1, -0.05) is 133 Å². The second-order valence-electron chi connectivity index (χ2n) is 12.5. The van der Waals surface area contributed by atoms with Gasteiger partial charge in [0.1, 0.15) is 11.0 Å². The number of fused-ring (bicyclic) bond motifs is 6. The van der Waals surface area contributed by atoms with Crippen molar-refractivity contribution in [1.82, 2.24) is 20.0 Å².